The highest BCUT2D eigenvalue weighted by Crippen LogP contribution is 2.29. The van der Waals surface area contributed by atoms with Gasteiger partial charge < -0.3 is 18.9 Å². The maximum atomic E-state index is 12.7. The van der Waals surface area contributed by atoms with Crippen molar-refractivity contribution in [1.82, 2.24) is 5.43 Å². The Morgan fingerprint density at radius 2 is 1.67 bits per heavy atom. The van der Waals surface area contributed by atoms with E-state index in [2.05, 4.69) is 24.4 Å². The van der Waals surface area contributed by atoms with E-state index in [9.17, 15) is 9.59 Å². The number of carbonyl (C=O) groups is 2. The molecule has 0 fully saturated rings. The zero-order valence-electron chi connectivity index (χ0n) is 23.2. The van der Waals surface area contributed by atoms with Gasteiger partial charge in [-0.1, -0.05) is 32.9 Å². The lowest BCUT2D eigenvalue weighted by molar-refractivity contribution is -0.123. The summed E-state index contributed by atoms with van der Waals surface area (Å²) >= 11 is 0. The van der Waals surface area contributed by atoms with Crippen molar-refractivity contribution in [3.05, 3.63) is 82.9 Å². The summed E-state index contributed by atoms with van der Waals surface area (Å²) < 4.78 is 22.5. The molecule has 0 atom stereocenters. The van der Waals surface area contributed by atoms with Crippen molar-refractivity contribution < 1.29 is 28.5 Å². The second-order valence-electron chi connectivity index (χ2n) is 9.18. The van der Waals surface area contributed by atoms with Crippen LogP contribution in [0.1, 0.15) is 67.1 Å². The predicted molar refractivity (Wildman–Crippen MR) is 151 cm³/mol. The van der Waals surface area contributed by atoms with Gasteiger partial charge >= 0.3 is 5.97 Å². The maximum absolute atomic E-state index is 12.7. The number of carbonyl (C=O) groups excluding carboxylic acids is 2. The van der Waals surface area contributed by atoms with E-state index in [0.717, 1.165) is 17.5 Å². The molecule has 8 nitrogen and oxygen atoms in total. The Morgan fingerprint density at radius 1 is 0.897 bits per heavy atom. The van der Waals surface area contributed by atoms with E-state index in [1.54, 1.807) is 42.5 Å². The number of ether oxygens (including phenoxy) is 4. The molecule has 0 aromatic heterocycles. The fraction of sp³-hybridized carbons (Fsp3) is 0.323. The highest BCUT2D eigenvalue weighted by atomic mass is 16.6. The van der Waals surface area contributed by atoms with Crippen LogP contribution in [0.4, 0.5) is 0 Å². The molecule has 39 heavy (non-hydrogen) atoms. The average molecular weight is 533 g/mol. The third kappa shape index (κ3) is 8.88. The van der Waals surface area contributed by atoms with Crippen LogP contribution in [0.3, 0.4) is 0 Å². The van der Waals surface area contributed by atoms with Gasteiger partial charge in [0.15, 0.2) is 18.1 Å². The Hall–Kier alpha value is -4.33. The predicted octanol–water partition coefficient (Wildman–Crippen LogP) is 6.05. The summed E-state index contributed by atoms with van der Waals surface area (Å²) in [5.41, 5.74) is 5.61. The van der Waals surface area contributed by atoms with E-state index in [4.69, 9.17) is 18.9 Å². The highest BCUT2D eigenvalue weighted by molar-refractivity contribution is 5.92. The zero-order chi connectivity index (χ0) is 28.2. The third-order valence-corrected chi connectivity index (χ3v) is 5.59. The van der Waals surface area contributed by atoms with Gasteiger partial charge in [-0.2, -0.15) is 5.10 Å². The quantitative estimate of drug-likeness (QED) is 0.125. The first-order valence-corrected chi connectivity index (χ1v) is 13.1. The Balaban J connectivity index is 1.59. The first kappa shape index (κ1) is 29.2. The molecule has 206 valence electrons. The molecule has 0 radical (unpaired) electrons. The topological polar surface area (TPSA) is 95.5 Å². The minimum atomic E-state index is -0.513. The lowest BCUT2D eigenvalue weighted by atomic mass is 10.0. The number of hydrogen-bond acceptors (Lipinski definition) is 7. The van der Waals surface area contributed by atoms with Gasteiger partial charge in [0, 0.05) is 0 Å². The number of hydrazone groups is 1. The second kappa shape index (κ2) is 14.6. The summed E-state index contributed by atoms with van der Waals surface area (Å²) in [4.78, 5) is 24.9. The minimum absolute atomic E-state index is 0.161. The molecule has 3 rings (SSSR count). The molecule has 0 unspecified atom stereocenters. The van der Waals surface area contributed by atoms with Crippen molar-refractivity contribution in [3.8, 4) is 23.0 Å². The molecule has 0 spiro atoms. The van der Waals surface area contributed by atoms with Crippen LogP contribution in [0.15, 0.2) is 65.8 Å². The number of amides is 1. The molecule has 1 amide bonds. The summed E-state index contributed by atoms with van der Waals surface area (Å²) in [6.07, 6.45) is 2.38. The van der Waals surface area contributed by atoms with Crippen LogP contribution in [0.25, 0.3) is 0 Å². The highest BCUT2D eigenvalue weighted by Gasteiger charge is 2.14. The number of nitrogens with zero attached hydrogens (tertiary/aromatic N) is 1. The van der Waals surface area contributed by atoms with Gasteiger partial charge in [0.05, 0.1) is 25.0 Å². The van der Waals surface area contributed by atoms with E-state index < -0.39 is 5.97 Å². The number of nitrogens with one attached hydrogen (secondary N) is 1. The molecular weight excluding hydrogens is 496 g/mol. The minimum Gasteiger partial charge on any atom is -0.494 e. The molecule has 0 aliphatic rings. The van der Waals surface area contributed by atoms with Crippen LogP contribution in [0.5, 0.6) is 23.0 Å². The van der Waals surface area contributed by atoms with Gasteiger partial charge in [-0.05, 0) is 91.4 Å². The third-order valence-electron chi connectivity index (χ3n) is 5.59. The van der Waals surface area contributed by atoms with E-state index in [1.165, 1.54) is 6.21 Å². The Morgan fingerprint density at radius 3 is 2.36 bits per heavy atom. The van der Waals surface area contributed by atoms with Crippen LogP contribution < -0.4 is 24.4 Å². The molecule has 0 heterocycles. The summed E-state index contributed by atoms with van der Waals surface area (Å²) in [5.74, 6) is 1.42. The van der Waals surface area contributed by atoms with E-state index >= 15 is 0 Å². The standard InChI is InChI=1S/C31H36N2O6/c1-6-16-37-25-12-10-24(11-13-25)31(35)39-27-15-9-23(18-29(27)36-7-2)19-32-33-30(34)20-38-28-17-22(5)8-14-26(28)21(3)4/h8-15,17-19,21H,6-7,16,20H2,1-5H3,(H,33,34)/b32-19+. The number of hydrogen-bond donors (Lipinski definition) is 1. The van der Waals surface area contributed by atoms with Crippen LogP contribution in [0, 0.1) is 6.92 Å². The van der Waals surface area contributed by atoms with Gasteiger partial charge in [-0.3, -0.25) is 4.79 Å². The van der Waals surface area contributed by atoms with Gasteiger partial charge in [0.1, 0.15) is 11.5 Å². The van der Waals surface area contributed by atoms with Crippen molar-refractivity contribution in [2.75, 3.05) is 19.8 Å². The Kier molecular flexibility index (Phi) is 10.9. The van der Waals surface area contributed by atoms with Crippen LogP contribution in [-0.2, 0) is 4.79 Å². The second-order valence-corrected chi connectivity index (χ2v) is 9.18. The molecule has 0 aliphatic heterocycles. The number of aryl methyl sites for hydroxylation is 1. The van der Waals surface area contributed by atoms with Crippen LogP contribution in [-0.4, -0.2) is 37.9 Å². The zero-order valence-corrected chi connectivity index (χ0v) is 23.2. The van der Waals surface area contributed by atoms with Crippen molar-refractivity contribution in [1.29, 1.82) is 0 Å². The van der Waals surface area contributed by atoms with Crippen molar-refractivity contribution >= 4 is 18.1 Å². The lowest BCUT2D eigenvalue weighted by Crippen LogP contribution is -2.25. The molecule has 8 heteroatoms. The number of benzene rings is 3. The van der Waals surface area contributed by atoms with Crippen molar-refractivity contribution in [2.24, 2.45) is 5.10 Å². The number of rotatable bonds is 13. The molecule has 0 saturated heterocycles. The first-order chi connectivity index (χ1) is 18.8. The Labute approximate surface area is 229 Å². The van der Waals surface area contributed by atoms with Crippen molar-refractivity contribution in [2.45, 2.75) is 47.0 Å². The lowest BCUT2D eigenvalue weighted by Gasteiger charge is -2.14. The summed E-state index contributed by atoms with van der Waals surface area (Å²) in [6.45, 7) is 10.8. The Bertz CT molecular complexity index is 1280. The van der Waals surface area contributed by atoms with E-state index in [1.807, 2.05) is 39.0 Å². The summed E-state index contributed by atoms with van der Waals surface area (Å²) in [6, 6.07) is 17.8. The SMILES string of the molecule is CCCOc1ccc(C(=O)Oc2ccc(/C=N/NC(=O)COc3cc(C)ccc3C(C)C)cc2OCC)cc1. The van der Waals surface area contributed by atoms with Gasteiger partial charge in [-0.15, -0.1) is 0 Å². The van der Waals surface area contributed by atoms with E-state index in [0.29, 0.717) is 41.6 Å². The van der Waals surface area contributed by atoms with Gasteiger partial charge in [0.25, 0.3) is 5.91 Å². The molecule has 1 N–H and O–H groups in total. The summed E-state index contributed by atoms with van der Waals surface area (Å²) in [7, 11) is 0. The largest absolute Gasteiger partial charge is 0.494 e. The van der Waals surface area contributed by atoms with Gasteiger partial charge in [-0.25, -0.2) is 10.2 Å². The molecule has 3 aromatic carbocycles. The average Bonchev–Trinajstić information content (AvgIpc) is 2.92. The van der Waals surface area contributed by atoms with Gasteiger partial charge in [0.2, 0.25) is 0 Å². The smallest absolute Gasteiger partial charge is 0.343 e. The monoisotopic (exact) mass is 532 g/mol. The molecule has 0 saturated carbocycles. The molecule has 0 bridgehead atoms. The molecular formula is C31H36N2O6. The first-order valence-electron chi connectivity index (χ1n) is 13.1. The fourth-order valence-corrected chi connectivity index (χ4v) is 3.62. The molecule has 3 aromatic rings. The van der Waals surface area contributed by atoms with Crippen LogP contribution >= 0.6 is 0 Å². The summed E-state index contributed by atoms with van der Waals surface area (Å²) in [5, 5.41) is 4.02. The van der Waals surface area contributed by atoms with Crippen molar-refractivity contribution in [3.63, 3.8) is 0 Å². The molecule has 0 aliphatic carbocycles. The maximum Gasteiger partial charge on any atom is 0.343 e. The normalized spacial score (nSPS) is 10.9. The fourth-order valence-electron chi connectivity index (χ4n) is 3.62. The number of esters is 1. The van der Waals surface area contributed by atoms with Crippen LogP contribution in [0.2, 0.25) is 0 Å². The van der Waals surface area contributed by atoms with E-state index in [-0.39, 0.29) is 24.2 Å².